The van der Waals surface area contributed by atoms with Crippen LogP contribution in [0.5, 0.6) is 0 Å². The molecule has 0 rings (SSSR count). The summed E-state index contributed by atoms with van der Waals surface area (Å²) in [5, 5.41) is 17.3. The second-order valence-electron chi connectivity index (χ2n) is 4.58. The monoisotopic (exact) mass is 260 g/mol. The number of hydrogen-bond donors (Lipinski definition) is 4. The number of rotatable bonds is 8. The zero-order chi connectivity index (χ0) is 14.5. The van der Waals surface area contributed by atoms with Crippen molar-refractivity contribution < 1.29 is 24.6 Å². The Labute approximate surface area is 105 Å². The Kier molecular flexibility index (Phi) is 6.50. The fraction of sp³-hybridized carbons (Fsp3) is 0.727. The molecule has 3 unspecified atom stereocenters. The fourth-order valence-electron chi connectivity index (χ4n) is 1.74. The minimum absolute atomic E-state index is 0.0241. The number of nitrogens with two attached hydrogens (primary N) is 2. The maximum Gasteiger partial charge on any atom is 0.321 e. The lowest BCUT2D eigenvalue weighted by atomic mass is 9.81. The highest BCUT2D eigenvalue weighted by Crippen LogP contribution is 2.18. The maximum atomic E-state index is 12.0. The summed E-state index contributed by atoms with van der Waals surface area (Å²) in [5.41, 5.74) is 11.0. The normalized spacial score (nSPS) is 16.1. The van der Waals surface area contributed by atoms with Crippen molar-refractivity contribution in [1.29, 1.82) is 0 Å². The van der Waals surface area contributed by atoms with E-state index in [9.17, 15) is 14.4 Å². The van der Waals surface area contributed by atoms with Crippen LogP contribution in [0.15, 0.2) is 0 Å². The van der Waals surface area contributed by atoms with Crippen LogP contribution < -0.4 is 11.5 Å². The smallest absolute Gasteiger partial charge is 0.321 e. The summed E-state index contributed by atoms with van der Waals surface area (Å²) in [6.45, 7) is 3.35. The van der Waals surface area contributed by atoms with Gasteiger partial charge in [0, 0.05) is 12.3 Å². The Morgan fingerprint density at radius 3 is 1.94 bits per heavy atom. The largest absolute Gasteiger partial charge is 0.481 e. The molecule has 7 nitrogen and oxygen atoms in total. The van der Waals surface area contributed by atoms with Gasteiger partial charge in [0.1, 0.15) is 6.04 Å². The summed E-state index contributed by atoms with van der Waals surface area (Å²) in [6.07, 6.45) is -0.260. The summed E-state index contributed by atoms with van der Waals surface area (Å²) in [6, 6.07) is -2.33. The van der Waals surface area contributed by atoms with Crippen LogP contribution >= 0.6 is 0 Å². The molecule has 18 heavy (non-hydrogen) atoms. The molecule has 0 aromatic heterocycles. The molecule has 0 aliphatic rings. The van der Waals surface area contributed by atoms with Crippen molar-refractivity contribution in [3.05, 3.63) is 0 Å². The van der Waals surface area contributed by atoms with Gasteiger partial charge in [-0.15, -0.1) is 0 Å². The minimum atomic E-state index is -1.33. The lowest BCUT2D eigenvalue weighted by Crippen LogP contribution is -2.49. The summed E-state index contributed by atoms with van der Waals surface area (Å²) in [4.78, 5) is 33.2. The van der Waals surface area contributed by atoms with Crippen molar-refractivity contribution in [2.45, 2.75) is 38.8 Å². The molecule has 0 bridgehead atoms. The number of carboxylic acid groups (broad SMARTS) is 2. The molecule has 7 heteroatoms. The summed E-state index contributed by atoms with van der Waals surface area (Å²) < 4.78 is 0. The Hall–Kier alpha value is -1.47. The first kappa shape index (κ1) is 16.5. The quantitative estimate of drug-likeness (QED) is 0.457. The van der Waals surface area contributed by atoms with E-state index in [-0.39, 0.29) is 18.8 Å². The van der Waals surface area contributed by atoms with Crippen molar-refractivity contribution in [1.82, 2.24) is 0 Å². The van der Waals surface area contributed by atoms with Crippen LogP contribution in [0, 0.1) is 11.8 Å². The zero-order valence-corrected chi connectivity index (χ0v) is 10.5. The molecule has 0 saturated heterocycles. The highest BCUT2D eigenvalue weighted by atomic mass is 16.4. The molecule has 0 spiro atoms. The van der Waals surface area contributed by atoms with E-state index in [1.165, 1.54) is 0 Å². The van der Waals surface area contributed by atoms with E-state index in [2.05, 4.69) is 0 Å². The van der Waals surface area contributed by atoms with E-state index in [1.54, 1.807) is 13.8 Å². The molecular weight excluding hydrogens is 240 g/mol. The van der Waals surface area contributed by atoms with Gasteiger partial charge in [0.05, 0.1) is 6.04 Å². The van der Waals surface area contributed by atoms with E-state index in [0.29, 0.717) is 0 Å². The third kappa shape index (κ3) is 4.80. The molecular formula is C11H20N2O5. The first-order chi connectivity index (χ1) is 8.18. The third-order valence-corrected chi connectivity index (χ3v) is 2.75. The first-order valence-electron chi connectivity index (χ1n) is 5.68. The molecule has 104 valence electrons. The van der Waals surface area contributed by atoms with E-state index in [0.717, 1.165) is 0 Å². The standard InChI is InChI=1S/C11H20N2O5/c1-5(2)8(9(13)11(17)18)10(16)6(12)3-4-7(14)15/h5-6,8-9H,3-4,12-13H2,1-2H3,(H,14,15)(H,17,18). The predicted molar refractivity (Wildman–Crippen MR) is 63.8 cm³/mol. The van der Waals surface area contributed by atoms with Crippen LogP contribution in [-0.4, -0.2) is 40.0 Å². The maximum absolute atomic E-state index is 12.0. The van der Waals surface area contributed by atoms with E-state index >= 15 is 0 Å². The van der Waals surface area contributed by atoms with Gasteiger partial charge in [-0.05, 0) is 12.3 Å². The van der Waals surface area contributed by atoms with Gasteiger partial charge >= 0.3 is 11.9 Å². The molecule has 0 aromatic carbocycles. The number of ketones is 1. The highest BCUT2D eigenvalue weighted by molar-refractivity contribution is 5.91. The Morgan fingerprint density at radius 1 is 1.11 bits per heavy atom. The molecule has 0 amide bonds. The van der Waals surface area contributed by atoms with E-state index < -0.39 is 35.7 Å². The summed E-state index contributed by atoms with van der Waals surface area (Å²) in [7, 11) is 0. The van der Waals surface area contributed by atoms with Crippen molar-refractivity contribution in [2.24, 2.45) is 23.3 Å². The van der Waals surface area contributed by atoms with Crippen LogP contribution in [0.4, 0.5) is 0 Å². The molecule has 0 aliphatic heterocycles. The zero-order valence-electron chi connectivity index (χ0n) is 10.5. The van der Waals surface area contributed by atoms with E-state index in [4.69, 9.17) is 21.7 Å². The van der Waals surface area contributed by atoms with Crippen LogP contribution in [0.3, 0.4) is 0 Å². The number of carboxylic acids is 2. The van der Waals surface area contributed by atoms with Crippen molar-refractivity contribution in [2.75, 3.05) is 0 Å². The van der Waals surface area contributed by atoms with Gasteiger partial charge in [0.15, 0.2) is 5.78 Å². The molecule has 3 atom stereocenters. The van der Waals surface area contributed by atoms with Crippen LogP contribution in [-0.2, 0) is 14.4 Å². The molecule has 0 saturated carbocycles. The molecule has 0 radical (unpaired) electrons. The van der Waals surface area contributed by atoms with Crippen LogP contribution in [0.2, 0.25) is 0 Å². The predicted octanol–water partition coefficient (Wildman–Crippen LogP) is -0.568. The fourth-order valence-corrected chi connectivity index (χ4v) is 1.74. The number of carbonyl (C=O) groups excluding carboxylic acids is 1. The summed E-state index contributed by atoms with van der Waals surface area (Å²) in [5.74, 6) is -4.01. The lowest BCUT2D eigenvalue weighted by molar-refractivity contribution is -0.144. The summed E-state index contributed by atoms with van der Waals surface area (Å²) >= 11 is 0. The van der Waals surface area contributed by atoms with Crippen molar-refractivity contribution in [3.63, 3.8) is 0 Å². The Bertz CT molecular complexity index is 329. The SMILES string of the molecule is CC(C)C(C(=O)C(N)CCC(=O)O)C(N)C(=O)O. The van der Waals surface area contributed by atoms with Gasteiger partial charge < -0.3 is 21.7 Å². The van der Waals surface area contributed by atoms with Crippen LogP contribution in [0.25, 0.3) is 0 Å². The van der Waals surface area contributed by atoms with E-state index in [1.807, 2.05) is 0 Å². The molecule has 0 aliphatic carbocycles. The number of aliphatic carboxylic acids is 2. The van der Waals surface area contributed by atoms with Gasteiger partial charge in [-0.2, -0.15) is 0 Å². The molecule has 0 fully saturated rings. The first-order valence-corrected chi connectivity index (χ1v) is 5.68. The van der Waals surface area contributed by atoms with Gasteiger partial charge in [-0.3, -0.25) is 14.4 Å². The lowest BCUT2D eigenvalue weighted by Gasteiger charge is -2.25. The molecule has 0 heterocycles. The highest BCUT2D eigenvalue weighted by Gasteiger charge is 2.35. The Balaban J connectivity index is 4.76. The molecule has 6 N–H and O–H groups in total. The van der Waals surface area contributed by atoms with Gasteiger partial charge in [-0.25, -0.2) is 0 Å². The van der Waals surface area contributed by atoms with Gasteiger partial charge in [0.2, 0.25) is 0 Å². The van der Waals surface area contributed by atoms with Crippen LogP contribution in [0.1, 0.15) is 26.7 Å². The topological polar surface area (TPSA) is 144 Å². The number of carbonyl (C=O) groups is 3. The minimum Gasteiger partial charge on any atom is -0.481 e. The molecule has 0 aromatic rings. The van der Waals surface area contributed by atoms with Crippen molar-refractivity contribution in [3.8, 4) is 0 Å². The number of Topliss-reactive ketones (excluding diaryl/α,β-unsaturated/α-hetero) is 1. The second-order valence-corrected chi connectivity index (χ2v) is 4.58. The van der Waals surface area contributed by atoms with Crippen molar-refractivity contribution >= 4 is 17.7 Å². The third-order valence-electron chi connectivity index (χ3n) is 2.75. The van der Waals surface area contributed by atoms with Gasteiger partial charge in [0.25, 0.3) is 0 Å². The van der Waals surface area contributed by atoms with Gasteiger partial charge in [-0.1, -0.05) is 13.8 Å². The average molecular weight is 260 g/mol. The Morgan fingerprint density at radius 2 is 1.61 bits per heavy atom. The average Bonchev–Trinajstić information content (AvgIpc) is 2.24. The number of hydrogen-bond acceptors (Lipinski definition) is 5. The second kappa shape index (κ2) is 7.07.